The van der Waals surface area contributed by atoms with Crippen LogP contribution in [0, 0.1) is 17.1 Å². The number of benzene rings is 2. The molecule has 3 heteroatoms. The minimum Gasteiger partial charge on any atom is -0.489 e. The molecule has 0 atom stereocenters. The van der Waals surface area contributed by atoms with Gasteiger partial charge in [0, 0.05) is 0 Å². The Labute approximate surface area is 123 Å². The number of halogens is 1. The average molecular weight is 281 g/mol. The van der Waals surface area contributed by atoms with Gasteiger partial charge in [0.05, 0.1) is 5.56 Å². The van der Waals surface area contributed by atoms with Gasteiger partial charge in [-0.3, -0.25) is 0 Å². The van der Waals surface area contributed by atoms with Crippen molar-refractivity contribution in [2.45, 2.75) is 32.3 Å². The van der Waals surface area contributed by atoms with Crippen LogP contribution < -0.4 is 4.74 Å². The molecule has 0 aliphatic heterocycles. The van der Waals surface area contributed by atoms with Crippen molar-refractivity contribution in [3.63, 3.8) is 0 Å². The summed E-state index contributed by atoms with van der Waals surface area (Å²) in [6, 6.07) is 12.6. The van der Waals surface area contributed by atoms with Crippen molar-refractivity contribution in [3.8, 4) is 11.8 Å². The molecule has 0 heterocycles. The first-order chi connectivity index (χ1) is 10.3. The van der Waals surface area contributed by atoms with Gasteiger partial charge in [0.1, 0.15) is 24.2 Å². The second-order valence-electron chi connectivity index (χ2n) is 5.35. The van der Waals surface area contributed by atoms with E-state index in [0.29, 0.717) is 6.61 Å². The zero-order valence-corrected chi connectivity index (χ0v) is 11.7. The summed E-state index contributed by atoms with van der Waals surface area (Å²) in [4.78, 5) is 0. The maximum atomic E-state index is 13.3. The molecule has 0 amide bonds. The minimum atomic E-state index is -0.491. The summed E-state index contributed by atoms with van der Waals surface area (Å²) in [5, 5.41) is 8.83. The van der Waals surface area contributed by atoms with E-state index >= 15 is 0 Å². The molecule has 1 aliphatic carbocycles. The van der Waals surface area contributed by atoms with Crippen LogP contribution >= 0.6 is 0 Å². The molecule has 106 valence electrons. The van der Waals surface area contributed by atoms with Gasteiger partial charge in [-0.15, -0.1) is 0 Å². The summed E-state index contributed by atoms with van der Waals surface area (Å²) < 4.78 is 19.0. The number of rotatable bonds is 3. The summed E-state index contributed by atoms with van der Waals surface area (Å²) in [6.45, 7) is 0.341. The van der Waals surface area contributed by atoms with Crippen LogP contribution in [0.1, 0.15) is 35.1 Å². The van der Waals surface area contributed by atoms with Crippen molar-refractivity contribution in [2.24, 2.45) is 0 Å². The van der Waals surface area contributed by atoms with Crippen LogP contribution in [-0.4, -0.2) is 0 Å². The Morgan fingerprint density at radius 1 is 1.05 bits per heavy atom. The number of hydrogen-bond donors (Lipinski definition) is 0. The average Bonchev–Trinajstić information content (AvgIpc) is 2.54. The van der Waals surface area contributed by atoms with E-state index in [-0.39, 0.29) is 5.56 Å². The van der Waals surface area contributed by atoms with E-state index in [4.69, 9.17) is 10.00 Å². The lowest BCUT2D eigenvalue weighted by atomic mass is 9.92. The summed E-state index contributed by atoms with van der Waals surface area (Å²) >= 11 is 0. The SMILES string of the molecule is N#Cc1cc(COc2ccc3c(c2)CCCC3)ccc1F. The maximum absolute atomic E-state index is 13.3. The van der Waals surface area contributed by atoms with Crippen LogP contribution in [0.15, 0.2) is 36.4 Å². The van der Waals surface area contributed by atoms with Crippen LogP contribution in [-0.2, 0) is 19.4 Å². The van der Waals surface area contributed by atoms with Crippen LogP contribution in [0.25, 0.3) is 0 Å². The normalized spacial score (nSPS) is 13.3. The molecule has 0 saturated carbocycles. The Balaban J connectivity index is 1.72. The summed E-state index contributed by atoms with van der Waals surface area (Å²) in [5.74, 6) is 0.341. The van der Waals surface area contributed by atoms with E-state index < -0.39 is 5.82 Å². The molecule has 0 unspecified atom stereocenters. The predicted molar refractivity (Wildman–Crippen MR) is 78.5 cm³/mol. The highest BCUT2D eigenvalue weighted by molar-refractivity contribution is 5.38. The molecule has 2 aromatic rings. The Bertz CT molecular complexity index is 703. The molecule has 2 aromatic carbocycles. The number of ether oxygens (including phenoxy) is 1. The molecule has 0 bridgehead atoms. The van der Waals surface area contributed by atoms with Gasteiger partial charge >= 0.3 is 0 Å². The number of nitrogens with zero attached hydrogens (tertiary/aromatic N) is 1. The molecule has 2 nitrogen and oxygen atoms in total. The summed E-state index contributed by atoms with van der Waals surface area (Å²) in [5.41, 5.74) is 3.64. The highest BCUT2D eigenvalue weighted by Crippen LogP contribution is 2.25. The van der Waals surface area contributed by atoms with Gasteiger partial charge in [0.15, 0.2) is 0 Å². The highest BCUT2D eigenvalue weighted by Gasteiger charge is 2.10. The first-order valence-corrected chi connectivity index (χ1v) is 7.19. The summed E-state index contributed by atoms with van der Waals surface area (Å²) in [7, 11) is 0. The molecule has 0 fully saturated rings. The molecule has 0 radical (unpaired) electrons. The first kappa shape index (κ1) is 13.6. The fraction of sp³-hybridized carbons (Fsp3) is 0.278. The number of fused-ring (bicyclic) bond motifs is 1. The van der Waals surface area contributed by atoms with Gasteiger partial charge in [-0.2, -0.15) is 5.26 Å². The molecule has 0 N–H and O–H groups in total. The van der Waals surface area contributed by atoms with Crippen LogP contribution in [0.2, 0.25) is 0 Å². The van der Waals surface area contributed by atoms with Crippen molar-refractivity contribution in [3.05, 3.63) is 64.5 Å². The van der Waals surface area contributed by atoms with Crippen LogP contribution in [0.5, 0.6) is 5.75 Å². The Kier molecular flexibility index (Phi) is 3.87. The minimum absolute atomic E-state index is 0.0570. The van der Waals surface area contributed by atoms with Crippen molar-refractivity contribution in [1.82, 2.24) is 0 Å². The van der Waals surface area contributed by atoms with Crippen molar-refractivity contribution in [1.29, 1.82) is 5.26 Å². The number of nitriles is 1. The lowest BCUT2D eigenvalue weighted by molar-refractivity contribution is 0.305. The quantitative estimate of drug-likeness (QED) is 0.846. The molecule has 0 aromatic heterocycles. The standard InChI is InChI=1S/C18H16FNO/c19-18-8-5-13(9-16(18)11-20)12-21-17-7-6-14-3-1-2-4-15(14)10-17/h5-10H,1-4,12H2. The Hall–Kier alpha value is -2.34. The second kappa shape index (κ2) is 5.97. The van der Waals surface area contributed by atoms with Crippen molar-refractivity contribution in [2.75, 3.05) is 0 Å². The Morgan fingerprint density at radius 2 is 1.86 bits per heavy atom. The smallest absolute Gasteiger partial charge is 0.140 e. The lowest BCUT2D eigenvalue weighted by Gasteiger charge is -2.16. The number of hydrogen-bond acceptors (Lipinski definition) is 2. The number of aryl methyl sites for hydroxylation is 2. The third-order valence-corrected chi connectivity index (χ3v) is 3.88. The van der Waals surface area contributed by atoms with Gasteiger partial charge in [0.25, 0.3) is 0 Å². The molecule has 0 spiro atoms. The third-order valence-electron chi connectivity index (χ3n) is 3.88. The fourth-order valence-electron chi connectivity index (χ4n) is 2.71. The van der Waals surface area contributed by atoms with Gasteiger partial charge < -0.3 is 4.74 Å². The summed E-state index contributed by atoms with van der Waals surface area (Å²) in [6.07, 6.45) is 4.76. The van der Waals surface area contributed by atoms with E-state index in [1.54, 1.807) is 6.07 Å². The van der Waals surface area contributed by atoms with Crippen LogP contribution in [0.3, 0.4) is 0 Å². The van der Waals surface area contributed by atoms with E-state index in [1.165, 1.54) is 36.1 Å². The maximum Gasteiger partial charge on any atom is 0.140 e. The van der Waals surface area contributed by atoms with Crippen molar-refractivity contribution < 1.29 is 9.13 Å². The largest absolute Gasteiger partial charge is 0.489 e. The van der Waals surface area contributed by atoms with Gasteiger partial charge in [-0.25, -0.2) is 4.39 Å². The van der Waals surface area contributed by atoms with E-state index in [0.717, 1.165) is 24.2 Å². The van der Waals surface area contributed by atoms with Crippen molar-refractivity contribution >= 4 is 0 Å². The predicted octanol–water partition coefficient (Wildman–Crippen LogP) is 4.16. The molecule has 3 rings (SSSR count). The first-order valence-electron chi connectivity index (χ1n) is 7.19. The van der Waals surface area contributed by atoms with Gasteiger partial charge in [0.2, 0.25) is 0 Å². The topological polar surface area (TPSA) is 33.0 Å². The second-order valence-corrected chi connectivity index (χ2v) is 5.35. The monoisotopic (exact) mass is 281 g/mol. The third kappa shape index (κ3) is 3.05. The molecule has 0 saturated heterocycles. The van der Waals surface area contributed by atoms with E-state index in [9.17, 15) is 4.39 Å². The fourth-order valence-corrected chi connectivity index (χ4v) is 2.71. The molecule has 1 aliphatic rings. The van der Waals surface area contributed by atoms with E-state index in [2.05, 4.69) is 12.1 Å². The lowest BCUT2D eigenvalue weighted by Crippen LogP contribution is -2.03. The van der Waals surface area contributed by atoms with Gasteiger partial charge in [-0.1, -0.05) is 12.1 Å². The Morgan fingerprint density at radius 3 is 2.67 bits per heavy atom. The van der Waals surface area contributed by atoms with Gasteiger partial charge in [-0.05, 0) is 66.6 Å². The zero-order chi connectivity index (χ0) is 14.7. The van der Waals surface area contributed by atoms with Crippen LogP contribution in [0.4, 0.5) is 4.39 Å². The molecule has 21 heavy (non-hydrogen) atoms. The molecular formula is C18H16FNO. The molecular weight excluding hydrogens is 265 g/mol. The highest BCUT2D eigenvalue weighted by atomic mass is 19.1. The van der Waals surface area contributed by atoms with E-state index in [1.807, 2.05) is 12.1 Å². The zero-order valence-electron chi connectivity index (χ0n) is 11.7.